The van der Waals surface area contributed by atoms with E-state index in [1.54, 1.807) is 16.8 Å². The summed E-state index contributed by atoms with van der Waals surface area (Å²) in [4.78, 5) is 8.12. The van der Waals surface area contributed by atoms with Crippen molar-refractivity contribution < 1.29 is 8.42 Å². The summed E-state index contributed by atoms with van der Waals surface area (Å²) in [6.45, 7) is 0.341. The Hall–Kier alpha value is -1.55. The second kappa shape index (κ2) is 6.29. The molecule has 0 saturated heterocycles. The maximum Gasteiger partial charge on any atom is 0.252 e. The Labute approximate surface area is 136 Å². The van der Waals surface area contributed by atoms with E-state index in [2.05, 4.69) is 19.8 Å². The standard InChI is InChI=1S/C12H12ClN5O2S2/c13-10-3-4-11(21-10)22(19,20)17-5-1-2-9-6-14-12-15-8-16-18(12)7-9/h3-4,6-8,17H,1-2,5H2. The lowest BCUT2D eigenvalue weighted by molar-refractivity contribution is 0.581. The van der Waals surface area contributed by atoms with E-state index in [4.69, 9.17) is 11.6 Å². The number of aromatic nitrogens is 4. The first-order valence-corrected chi connectivity index (χ1v) is 9.12. The van der Waals surface area contributed by atoms with Gasteiger partial charge in [0.1, 0.15) is 10.5 Å². The van der Waals surface area contributed by atoms with Crippen LogP contribution in [0.2, 0.25) is 4.34 Å². The van der Waals surface area contributed by atoms with E-state index in [-0.39, 0.29) is 4.21 Å². The van der Waals surface area contributed by atoms with Gasteiger partial charge in [0.25, 0.3) is 5.78 Å². The second-order valence-corrected chi connectivity index (χ2v) is 8.24. The van der Waals surface area contributed by atoms with Gasteiger partial charge in [0.2, 0.25) is 10.0 Å². The quantitative estimate of drug-likeness (QED) is 0.679. The molecule has 0 fully saturated rings. The minimum Gasteiger partial charge on any atom is -0.219 e. The zero-order valence-corrected chi connectivity index (χ0v) is 13.7. The summed E-state index contributed by atoms with van der Waals surface area (Å²) in [5.74, 6) is 0.541. The van der Waals surface area contributed by atoms with Gasteiger partial charge in [0, 0.05) is 18.9 Å². The number of hydrogen-bond acceptors (Lipinski definition) is 6. The molecule has 1 N–H and O–H groups in total. The molecule has 0 amide bonds. The average Bonchev–Trinajstić information content (AvgIpc) is 3.12. The van der Waals surface area contributed by atoms with Crippen LogP contribution in [0.15, 0.2) is 35.1 Å². The summed E-state index contributed by atoms with van der Waals surface area (Å²) >= 11 is 6.79. The van der Waals surface area contributed by atoms with Gasteiger partial charge >= 0.3 is 0 Å². The highest BCUT2D eigenvalue weighted by Gasteiger charge is 2.15. The predicted octanol–water partition coefficient (Wildman–Crippen LogP) is 1.75. The number of sulfonamides is 1. The van der Waals surface area contributed by atoms with Crippen molar-refractivity contribution in [2.45, 2.75) is 17.1 Å². The van der Waals surface area contributed by atoms with Crippen molar-refractivity contribution in [1.82, 2.24) is 24.3 Å². The Kier molecular flexibility index (Phi) is 4.39. The van der Waals surface area contributed by atoms with Gasteiger partial charge in [-0.15, -0.1) is 11.3 Å². The minimum absolute atomic E-state index is 0.225. The molecule has 0 aliphatic heterocycles. The fraction of sp³-hybridized carbons (Fsp3) is 0.250. The van der Waals surface area contributed by atoms with Gasteiger partial charge < -0.3 is 0 Å². The number of halogens is 1. The molecular weight excluding hydrogens is 346 g/mol. The first-order valence-electron chi connectivity index (χ1n) is 6.44. The van der Waals surface area contributed by atoms with E-state index in [1.807, 2.05) is 6.20 Å². The Morgan fingerprint density at radius 3 is 2.95 bits per heavy atom. The van der Waals surface area contributed by atoms with Crippen molar-refractivity contribution in [2.24, 2.45) is 0 Å². The van der Waals surface area contributed by atoms with Gasteiger partial charge in [0.15, 0.2) is 0 Å². The molecule has 0 bridgehead atoms. The smallest absolute Gasteiger partial charge is 0.219 e. The third kappa shape index (κ3) is 3.43. The summed E-state index contributed by atoms with van der Waals surface area (Å²) in [6, 6.07) is 3.07. The SMILES string of the molecule is O=S(=O)(NCCCc1cnc2ncnn2c1)c1ccc(Cl)s1. The lowest BCUT2D eigenvalue weighted by Crippen LogP contribution is -2.24. The number of nitrogens with zero attached hydrogens (tertiary/aromatic N) is 4. The predicted molar refractivity (Wildman–Crippen MR) is 83.6 cm³/mol. The molecule has 10 heteroatoms. The van der Waals surface area contributed by atoms with Crippen LogP contribution in [0.3, 0.4) is 0 Å². The molecule has 0 unspecified atom stereocenters. The molecule has 0 spiro atoms. The van der Waals surface area contributed by atoms with Gasteiger partial charge in [-0.3, -0.25) is 0 Å². The lowest BCUT2D eigenvalue weighted by atomic mass is 10.2. The molecule has 3 aromatic rings. The minimum atomic E-state index is -3.48. The van der Waals surface area contributed by atoms with Crippen LogP contribution in [0, 0.1) is 0 Å². The number of hydrogen-bond donors (Lipinski definition) is 1. The first kappa shape index (κ1) is 15.3. The fourth-order valence-corrected chi connectivity index (χ4v) is 4.50. The number of aryl methyl sites for hydroxylation is 1. The van der Waals surface area contributed by atoms with E-state index in [0.717, 1.165) is 16.9 Å². The van der Waals surface area contributed by atoms with Crippen LogP contribution in [-0.2, 0) is 16.4 Å². The highest BCUT2D eigenvalue weighted by Crippen LogP contribution is 2.25. The Morgan fingerprint density at radius 2 is 2.18 bits per heavy atom. The van der Waals surface area contributed by atoms with Crippen molar-refractivity contribution in [2.75, 3.05) is 6.54 Å². The first-order chi connectivity index (χ1) is 10.5. The largest absolute Gasteiger partial charge is 0.252 e. The summed E-state index contributed by atoms with van der Waals surface area (Å²) < 4.78 is 28.8. The molecular formula is C12H12ClN5O2S2. The van der Waals surface area contributed by atoms with Crippen LogP contribution in [0.1, 0.15) is 12.0 Å². The Morgan fingerprint density at radius 1 is 1.32 bits per heavy atom. The van der Waals surface area contributed by atoms with Crippen molar-refractivity contribution in [3.8, 4) is 0 Å². The highest BCUT2D eigenvalue weighted by atomic mass is 35.5. The summed E-state index contributed by atoms with van der Waals surface area (Å²) in [5.41, 5.74) is 0.969. The molecule has 116 valence electrons. The van der Waals surface area contributed by atoms with Gasteiger partial charge in [-0.25, -0.2) is 22.6 Å². The number of nitrogens with one attached hydrogen (secondary N) is 1. The van der Waals surface area contributed by atoms with Crippen LogP contribution in [0.5, 0.6) is 0 Å². The maximum atomic E-state index is 12.0. The average molecular weight is 358 g/mol. The molecule has 3 aromatic heterocycles. The van der Waals surface area contributed by atoms with E-state index < -0.39 is 10.0 Å². The lowest BCUT2D eigenvalue weighted by Gasteiger charge is -2.05. The zero-order valence-electron chi connectivity index (χ0n) is 11.3. The fourth-order valence-electron chi connectivity index (χ4n) is 1.90. The second-order valence-electron chi connectivity index (χ2n) is 4.53. The number of thiophene rings is 1. The molecule has 3 rings (SSSR count). The van der Waals surface area contributed by atoms with Crippen LogP contribution in [-0.4, -0.2) is 34.5 Å². The summed E-state index contributed by atoms with van der Waals surface area (Å²) in [7, 11) is -3.48. The van der Waals surface area contributed by atoms with Crippen LogP contribution < -0.4 is 4.72 Å². The van der Waals surface area contributed by atoms with Gasteiger partial charge in [0.05, 0.1) is 4.34 Å². The van der Waals surface area contributed by atoms with Crippen LogP contribution in [0.4, 0.5) is 0 Å². The molecule has 0 aromatic carbocycles. The zero-order chi connectivity index (χ0) is 15.6. The van der Waals surface area contributed by atoms with Crippen molar-refractivity contribution in [3.63, 3.8) is 0 Å². The van der Waals surface area contributed by atoms with Gasteiger partial charge in [-0.2, -0.15) is 10.1 Å². The van der Waals surface area contributed by atoms with Crippen LogP contribution in [0.25, 0.3) is 5.78 Å². The molecule has 22 heavy (non-hydrogen) atoms. The molecule has 0 aliphatic carbocycles. The molecule has 3 heterocycles. The number of fused-ring (bicyclic) bond motifs is 1. The van der Waals surface area contributed by atoms with Crippen molar-refractivity contribution in [1.29, 1.82) is 0 Å². The molecule has 0 atom stereocenters. The third-order valence-corrected chi connectivity index (χ3v) is 6.12. The normalized spacial score (nSPS) is 12.0. The number of rotatable bonds is 6. The van der Waals surface area contributed by atoms with E-state index in [1.165, 1.54) is 12.4 Å². The van der Waals surface area contributed by atoms with E-state index in [0.29, 0.717) is 29.5 Å². The monoisotopic (exact) mass is 357 g/mol. The molecule has 0 aliphatic rings. The topological polar surface area (TPSA) is 89.2 Å². The Balaban J connectivity index is 1.54. The molecule has 7 nitrogen and oxygen atoms in total. The van der Waals surface area contributed by atoms with Crippen molar-refractivity contribution >= 4 is 38.7 Å². The summed E-state index contributed by atoms with van der Waals surface area (Å²) in [5, 5.41) is 4.01. The van der Waals surface area contributed by atoms with Gasteiger partial charge in [-0.05, 0) is 30.5 Å². The van der Waals surface area contributed by atoms with E-state index >= 15 is 0 Å². The third-order valence-electron chi connectivity index (χ3n) is 2.94. The maximum absolute atomic E-state index is 12.0. The summed E-state index contributed by atoms with van der Waals surface area (Å²) in [6.07, 6.45) is 6.34. The van der Waals surface area contributed by atoms with Crippen LogP contribution >= 0.6 is 22.9 Å². The molecule has 0 saturated carbocycles. The highest BCUT2D eigenvalue weighted by molar-refractivity contribution is 7.91. The van der Waals surface area contributed by atoms with Gasteiger partial charge in [-0.1, -0.05) is 11.6 Å². The molecule has 0 radical (unpaired) electrons. The van der Waals surface area contributed by atoms with E-state index in [9.17, 15) is 8.42 Å². The Bertz CT molecular complexity index is 890. The van der Waals surface area contributed by atoms with Crippen molar-refractivity contribution in [3.05, 3.63) is 40.8 Å².